The van der Waals surface area contributed by atoms with Crippen LogP contribution in [-0.2, 0) is 16.1 Å². The molecule has 0 unspecified atom stereocenters. The van der Waals surface area contributed by atoms with Crippen molar-refractivity contribution in [2.45, 2.75) is 83.4 Å². The van der Waals surface area contributed by atoms with Crippen LogP contribution in [-0.4, -0.2) is 72.3 Å². The van der Waals surface area contributed by atoms with Crippen LogP contribution in [0.2, 0.25) is 10.0 Å². The molecule has 0 radical (unpaired) electrons. The molecular formula is C35H40Cl2F5N3O4S. The maximum atomic E-state index is 13.2. The fraction of sp³-hybridized carbons (Fsp3) is 0.571. The summed E-state index contributed by atoms with van der Waals surface area (Å²) in [4.78, 5) is 31.8. The van der Waals surface area contributed by atoms with Gasteiger partial charge in [0.05, 0.1) is 38.1 Å². The van der Waals surface area contributed by atoms with Gasteiger partial charge in [0, 0.05) is 51.5 Å². The number of fused-ring (bicyclic) bond motifs is 1. The van der Waals surface area contributed by atoms with E-state index >= 15 is 0 Å². The second-order valence-corrected chi connectivity index (χ2v) is 15.0. The number of carboxylic acids is 1. The lowest BCUT2D eigenvalue weighted by atomic mass is 9.78. The van der Waals surface area contributed by atoms with Gasteiger partial charge in [0.15, 0.2) is 0 Å². The normalized spacial score (nSPS) is 20.4. The molecule has 1 N–H and O–H groups in total. The molecule has 1 aromatic heterocycles. The number of carboxylic acid groups (broad SMARTS) is 1. The molecule has 3 heterocycles. The average Bonchev–Trinajstić information content (AvgIpc) is 3.53. The number of thiazole rings is 1. The van der Waals surface area contributed by atoms with Crippen molar-refractivity contribution in [3.63, 3.8) is 0 Å². The van der Waals surface area contributed by atoms with Crippen molar-refractivity contribution >= 4 is 62.3 Å². The lowest BCUT2D eigenvalue weighted by Crippen LogP contribution is -2.62. The Morgan fingerprint density at radius 2 is 1.72 bits per heavy atom. The molecule has 7 rings (SSSR count). The van der Waals surface area contributed by atoms with E-state index in [4.69, 9.17) is 27.9 Å². The number of rotatable bonds is 6. The standard InChI is InChI=1S/C18H16Cl2F3N3OS.C15H18F2O3.C2H6/c19-10-5-11(14-13(12(10)20)24-9-28-14)25-4-3-16(6-25)7-26(8-16)15(27)17(1-2-17)18(21,22)23;1-20-9-11-3-2-4-12(13(11)14(18)19)10-5-7-15(16,17)8-6-10;1-2/h5,9H,1-4,6-8H2;2-4,10H,5-9H2,1H3,(H,18,19);1-2H3. The van der Waals surface area contributed by atoms with Crippen molar-refractivity contribution < 1.29 is 41.4 Å². The van der Waals surface area contributed by atoms with Crippen LogP contribution < -0.4 is 4.90 Å². The van der Waals surface area contributed by atoms with Crippen LogP contribution in [0.5, 0.6) is 0 Å². The zero-order chi connectivity index (χ0) is 36.6. The quantitative estimate of drug-likeness (QED) is 0.252. The fourth-order valence-corrected chi connectivity index (χ4v) is 8.67. The molecule has 4 aliphatic rings. The van der Waals surface area contributed by atoms with Crippen LogP contribution in [0.25, 0.3) is 10.2 Å². The van der Waals surface area contributed by atoms with Crippen LogP contribution in [0, 0.1) is 10.8 Å². The predicted molar refractivity (Wildman–Crippen MR) is 185 cm³/mol. The minimum absolute atomic E-state index is 0.0857. The summed E-state index contributed by atoms with van der Waals surface area (Å²) in [6.45, 7) is 6.41. The highest BCUT2D eigenvalue weighted by Gasteiger charge is 2.70. The monoisotopic (exact) mass is 763 g/mol. The highest BCUT2D eigenvalue weighted by molar-refractivity contribution is 7.17. The molecule has 0 atom stereocenters. The van der Waals surface area contributed by atoms with E-state index in [1.807, 2.05) is 19.9 Å². The van der Waals surface area contributed by atoms with Gasteiger partial charge in [-0.1, -0.05) is 55.2 Å². The number of likely N-dealkylation sites (tertiary alicyclic amines) is 1. The average molecular weight is 765 g/mol. The maximum absolute atomic E-state index is 13.2. The minimum atomic E-state index is -4.45. The van der Waals surface area contributed by atoms with E-state index in [-0.39, 0.29) is 49.2 Å². The Morgan fingerprint density at radius 3 is 2.30 bits per heavy atom. The molecule has 15 heteroatoms. The van der Waals surface area contributed by atoms with Crippen molar-refractivity contribution in [3.05, 3.63) is 56.5 Å². The highest BCUT2D eigenvalue weighted by Crippen LogP contribution is 2.60. The third-order valence-electron chi connectivity index (χ3n) is 10.2. The number of halogens is 7. The summed E-state index contributed by atoms with van der Waals surface area (Å²) in [6.07, 6.45) is -3.50. The number of methoxy groups -OCH3 is 1. The Labute approximate surface area is 301 Å². The summed E-state index contributed by atoms with van der Waals surface area (Å²) in [5.74, 6) is -4.49. The molecule has 1 spiro atoms. The van der Waals surface area contributed by atoms with Crippen molar-refractivity contribution in [1.29, 1.82) is 0 Å². The van der Waals surface area contributed by atoms with Crippen LogP contribution >= 0.6 is 34.5 Å². The molecule has 7 nitrogen and oxygen atoms in total. The van der Waals surface area contributed by atoms with Gasteiger partial charge in [-0.25, -0.2) is 18.6 Å². The van der Waals surface area contributed by atoms with Crippen LogP contribution in [0.1, 0.15) is 86.2 Å². The number of aromatic carboxylic acids is 1. The summed E-state index contributed by atoms with van der Waals surface area (Å²) < 4.78 is 72.1. The molecule has 274 valence electrons. The molecule has 3 aromatic rings. The highest BCUT2D eigenvalue weighted by atomic mass is 35.5. The van der Waals surface area contributed by atoms with E-state index in [9.17, 15) is 36.6 Å². The number of anilines is 1. The Balaban J connectivity index is 0.000000196. The van der Waals surface area contributed by atoms with Gasteiger partial charge < -0.3 is 19.6 Å². The third kappa shape index (κ3) is 7.43. The Morgan fingerprint density at radius 1 is 1.06 bits per heavy atom. The van der Waals surface area contributed by atoms with Gasteiger partial charge in [0.25, 0.3) is 0 Å². The number of carbonyl (C=O) groups excluding carboxylic acids is 1. The van der Waals surface area contributed by atoms with E-state index in [0.29, 0.717) is 59.2 Å². The molecule has 2 saturated carbocycles. The molecule has 50 heavy (non-hydrogen) atoms. The first-order valence-corrected chi connectivity index (χ1v) is 18.3. The first kappa shape index (κ1) is 38.5. The van der Waals surface area contributed by atoms with Crippen molar-refractivity contribution in [1.82, 2.24) is 9.88 Å². The molecule has 2 aromatic carbocycles. The largest absolute Gasteiger partial charge is 0.478 e. The van der Waals surface area contributed by atoms with Gasteiger partial charge in [-0.15, -0.1) is 11.3 Å². The summed E-state index contributed by atoms with van der Waals surface area (Å²) in [7, 11) is 1.50. The van der Waals surface area contributed by atoms with Crippen molar-refractivity contribution in [3.8, 4) is 0 Å². The molecule has 0 bridgehead atoms. The van der Waals surface area contributed by atoms with E-state index in [2.05, 4.69) is 9.88 Å². The van der Waals surface area contributed by atoms with Gasteiger partial charge in [-0.3, -0.25) is 4.79 Å². The van der Waals surface area contributed by atoms with Gasteiger partial charge in [-0.2, -0.15) is 13.2 Å². The van der Waals surface area contributed by atoms with E-state index < -0.39 is 29.4 Å². The van der Waals surface area contributed by atoms with Gasteiger partial charge >= 0.3 is 12.1 Å². The molecule has 2 saturated heterocycles. The summed E-state index contributed by atoms with van der Waals surface area (Å²) in [5, 5.41) is 10.3. The summed E-state index contributed by atoms with van der Waals surface area (Å²) >= 11 is 14.0. The number of aromatic nitrogens is 1. The molecule has 1 amide bonds. The Hall–Kier alpha value is -2.74. The SMILES string of the molecule is CC.COCc1cccc(C2CCC(F)(F)CC2)c1C(=O)O.O=C(N1CC2(CCN(c3cc(Cl)c(Cl)c4ncsc34)C2)C1)C1(C(F)(F)F)CC1. The molecular weight excluding hydrogens is 724 g/mol. The molecule has 2 aliphatic carbocycles. The van der Waals surface area contributed by atoms with Crippen molar-refractivity contribution in [2.75, 3.05) is 38.2 Å². The van der Waals surface area contributed by atoms with Gasteiger partial charge in [0.1, 0.15) is 10.9 Å². The summed E-state index contributed by atoms with van der Waals surface area (Å²) in [6, 6.07) is 7.03. The second-order valence-electron chi connectivity index (χ2n) is 13.4. The smallest absolute Gasteiger partial charge is 0.403 e. The maximum Gasteiger partial charge on any atom is 0.403 e. The number of amides is 1. The number of nitrogens with zero attached hydrogens (tertiary/aromatic N) is 3. The van der Waals surface area contributed by atoms with Crippen LogP contribution in [0.15, 0.2) is 29.8 Å². The predicted octanol–water partition coefficient (Wildman–Crippen LogP) is 9.83. The second kappa shape index (κ2) is 14.7. The van der Waals surface area contributed by atoms with E-state index in [1.165, 1.54) is 23.3 Å². The number of benzene rings is 2. The zero-order valence-electron chi connectivity index (χ0n) is 28.0. The van der Waals surface area contributed by atoms with E-state index in [1.54, 1.807) is 23.7 Å². The zero-order valence-corrected chi connectivity index (χ0v) is 30.3. The van der Waals surface area contributed by atoms with Gasteiger partial charge in [0.2, 0.25) is 11.8 Å². The van der Waals surface area contributed by atoms with E-state index in [0.717, 1.165) is 23.4 Å². The van der Waals surface area contributed by atoms with Crippen LogP contribution in [0.4, 0.5) is 27.6 Å². The Kier molecular flexibility index (Phi) is 11.3. The fourth-order valence-electron chi connectivity index (χ4n) is 7.38. The first-order valence-electron chi connectivity index (χ1n) is 16.6. The van der Waals surface area contributed by atoms with Crippen LogP contribution in [0.3, 0.4) is 0 Å². The van der Waals surface area contributed by atoms with Gasteiger partial charge in [-0.05, 0) is 55.2 Å². The lowest BCUT2D eigenvalue weighted by Gasteiger charge is -2.49. The first-order chi connectivity index (χ1) is 23.6. The third-order valence-corrected chi connectivity index (χ3v) is 11.8. The Bertz CT molecular complexity index is 1720. The summed E-state index contributed by atoms with van der Waals surface area (Å²) in [5.41, 5.74) is 2.52. The topological polar surface area (TPSA) is 83.0 Å². The number of ether oxygens (including phenoxy) is 1. The molecule has 2 aliphatic heterocycles. The number of hydrogen-bond donors (Lipinski definition) is 1. The number of alkyl halides is 5. The van der Waals surface area contributed by atoms with Crippen molar-refractivity contribution in [2.24, 2.45) is 10.8 Å². The minimum Gasteiger partial charge on any atom is -0.478 e. The molecule has 4 fully saturated rings. The number of hydrogen-bond acceptors (Lipinski definition) is 6. The lowest BCUT2D eigenvalue weighted by molar-refractivity contribution is -0.204. The number of carbonyl (C=O) groups is 2.